The summed E-state index contributed by atoms with van der Waals surface area (Å²) in [6, 6.07) is 0. The molecule has 2 N–H and O–H groups in total. The number of primary amides is 1. The number of hydrogen-bond donors (Lipinski definition) is 1. The Morgan fingerprint density at radius 3 is 3.00 bits per heavy atom. The van der Waals surface area contributed by atoms with Crippen molar-refractivity contribution in [3.63, 3.8) is 0 Å². The standard InChI is InChI=1S/C8H11N3O/c1-11-4-5(3-10-11)6-2-7(6)8(9)12/h3-4,6-7H,2H2,1H3,(H2,9,12)/t6-,7-/m0/s1. The monoisotopic (exact) mass is 165 g/mol. The van der Waals surface area contributed by atoms with E-state index < -0.39 is 0 Å². The molecule has 12 heavy (non-hydrogen) atoms. The number of rotatable bonds is 2. The van der Waals surface area contributed by atoms with E-state index in [0.717, 1.165) is 12.0 Å². The molecule has 0 spiro atoms. The predicted octanol–water partition coefficient (Wildman–Crippen LogP) is 0.00890. The first kappa shape index (κ1) is 7.34. The number of nitrogens with zero attached hydrogens (tertiary/aromatic N) is 2. The van der Waals surface area contributed by atoms with E-state index in [9.17, 15) is 4.79 Å². The van der Waals surface area contributed by atoms with Crippen LogP contribution in [-0.4, -0.2) is 15.7 Å². The van der Waals surface area contributed by atoms with Gasteiger partial charge < -0.3 is 5.73 Å². The summed E-state index contributed by atoms with van der Waals surface area (Å²) in [7, 11) is 1.87. The summed E-state index contributed by atoms with van der Waals surface area (Å²) >= 11 is 0. The van der Waals surface area contributed by atoms with Gasteiger partial charge in [0.1, 0.15) is 0 Å². The third-order valence-corrected chi connectivity index (χ3v) is 2.31. The average molecular weight is 165 g/mol. The van der Waals surface area contributed by atoms with Crippen LogP contribution in [-0.2, 0) is 11.8 Å². The molecular weight excluding hydrogens is 154 g/mol. The lowest BCUT2D eigenvalue weighted by molar-refractivity contribution is -0.119. The Labute approximate surface area is 70.4 Å². The minimum Gasteiger partial charge on any atom is -0.369 e. The lowest BCUT2D eigenvalue weighted by Crippen LogP contribution is -2.13. The summed E-state index contributed by atoms with van der Waals surface area (Å²) in [6.45, 7) is 0. The van der Waals surface area contributed by atoms with Crippen molar-refractivity contribution in [2.45, 2.75) is 12.3 Å². The van der Waals surface area contributed by atoms with Gasteiger partial charge in [0.15, 0.2) is 0 Å². The maximum Gasteiger partial charge on any atom is 0.221 e. The highest BCUT2D eigenvalue weighted by atomic mass is 16.1. The minimum absolute atomic E-state index is 0.0502. The van der Waals surface area contributed by atoms with Crippen LogP contribution in [0, 0.1) is 5.92 Å². The van der Waals surface area contributed by atoms with Crippen molar-refractivity contribution >= 4 is 5.91 Å². The van der Waals surface area contributed by atoms with E-state index in [1.54, 1.807) is 10.9 Å². The summed E-state index contributed by atoms with van der Waals surface area (Å²) in [4.78, 5) is 10.7. The third-order valence-electron chi connectivity index (χ3n) is 2.31. The summed E-state index contributed by atoms with van der Waals surface area (Å²) in [6.07, 6.45) is 4.63. The largest absolute Gasteiger partial charge is 0.369 e. The second-order valence-corrected chi connectivity index (χ2v) is 3.30. The quantitative estimate of drug-likeness (QED) is 0.671. The van der Waals surface area contributed by atoms with Crippen molar-refractivity contribution in [1.82, 2.24) is 9.78 Å². The van der Waals surface area contributed by atoms with Gasteiger partial charge in [-0.3, -0.25) is 9.48 Å². The molecule has 0 radical (unpaired) electrons. The highest BCUT2D eigenvalue weighted by Gasteiger charge is 2.43. The van der Waals surface area contributed by atoms with Crippen molar-refractivity contribution in [2.24, 2.45) is 18.7 Å². The molecule has 0 unspecified atom stereocenters. The van der Waals surface area contributed by atoms with E-state index in [2.05, 4.69) is 5.10 Å². The molecule has 0 bridgehead atoms. The van der Waals surface area contributed by atoms with Crippen molar-refractivity contribution in [3.05, 3.63) is 18.0 Å². The van der Waals surface area contributed by atoms with Crippen LogP contribution < -0.4 is 5.73 Å². The lowest BCUT2D eigenvalue weighted by Gasteiger charge is -1.90. The lowest BCUT2D eigenvalue weighted by atomic mass is 10.2. The fraction of sp³-hybridized carbons (Fsp3) is 0.500. The molecule has 1 saturated carbocycles. The second-order valence-electron chi connectivity index (χ2n) is 3.30. The summed E-state index contributed by atoms with van der Waals surface area (Å²) in [5, 5.41) is 4.04. The van der Waals surface area contributed by atoms with E-state index in [1.165, 1.54) is 0 Å². The molecule has 1 heterocycles. The van der Waals surface area contributed by atoms with Gasteiger partial charge in [0.05, 0.1) is 6.20 Å². The zero-order valence-corrected chi connectivity index (χ0v) is 6.90. The maximum absolute atomic E-state index is 10.7. The van der Waals surface area contributed by atoms with Crippen molar-refractivity contribution in [3.8, 4) is 0 Å². The van der Waals surface area contributed by atoms with E-state index >= 15 is 0 Å². The zero-order valence-electron chi connectivity index (χ0n) is 6.90. The van der Waals surface area contributed by atoms with Crippen LogP contribution >= 0.6 is 0 Å². The van der Waals surface area contributed by atoms with Gasteiger partial charge in [0.25, 0.3) is 0 Å². The van der Waals surface area contributed by atoms with Crippen LogP contribution in [0.25, 0.3) is 0 Å². The SMILES string of the molecule is Cn1cc([C@@H]2C[C@@H]2C(N)=O)cn1. The molecule has 0 aliphatic heterocycles. The number of carbonyl (C=O) groups excluding carboxylic acids is 1. The Balaban J connectivity index is 2.10. The highest BCUT2D eigenvalue weighted by Crippen LogP contribution is 2.46. The first-order valence-electron chi connectivity index (χ1n) is 3.96. The van der Waals surface area contributed by atoms with Crippen LogP contribution in [0.3, 0.4) is 0 Å². The van der Waals surface area contributed by atoms with Gasteiger partial charge in [-0.05, 0) is 17.9 Å². The Morgan fingerprint density at radius 2 is 2.58 bits per heavy atom. The first-order chi connectivity index (χ1) is 5.68. The fourth-order valence-corrected chi connectivity index (χ4v) is 1.51. The molecule has 1 amide bonds. The van der Waals surface area contributed by atoms with Crippen LogP contribution in [0.15, 0.2) is 12.4 Å². The van der Waals surface area contributed by atoms with Gasteiger partial charge in [-0.2, -0.15) is 5.10 Å². The van der Waals surface area contributed by atoms with Crippen LogP contribution in [0.1, 0.15) is 17.9 Å². The number of aryl methyl sites for hydroxylation is 1. The van der Waals surface area contributed by atoms with Crippen molar-refractivity contribution in [1.29, 1.82) is 0 Å². The second kappa shape index (κ2) is 2.33. The highest BCUT2D eigenvalue weighted by molar-refractivity contribution is 5.81. The molecule has 1 aliphatic rings. The number of carbonyl (C=O) groups is 1. The zero-order chi connectivity index (χ0) is 8.72. The van der Waals surface area contributed by atoms with Crippen LogP contribution in [0.5, 0.6) is 0 Å². The molecule has 0 aromatic carbocycles. The van der Waals surface area contributed by atoms with Gasteiger partial charge in [-0.15, -0.1) is 0 Å². The number of aromatic nitrogens is 2. The normalized spacial score (nSPS) is 27.1. The molecule has 1 aliphatic carbocycles. The number of amides is 1. The van der Waals surface area contributed by atoms with Gasteiger partial charge in [-0.25, -0.2) is 0 Å². The molecular formula is C8H11N3O. The number of nitrogens with two attached hydrogens (primary N) is 1. The van der Waals surface area contributed by atoms with E-state index in [0.29, 0.717) is 5.92 Å². The van der Waals surface area contributed by atoms with Gasteiger partial charge in [0, 0.05) is 19.2 Å². The van der Waals surface area contributed by atoms with E-state index in [-0.39, 0.29) is 11.8 Å². The molecule has 4 nitrogen and oxygen atoms in total. The first-order valence-corrected chi connectivity index (χ1v) is 3.96. The molecule has 2 atom stereocenters. The molecule has 1 fully saturated rings. The fourth-order valence-electron chi connectivity index (χ4n) is 1.51. The smallest absolute Gasteiger partial charge is 0.221 e. The summed E-state index contributed by atoms with van der Waals surface area (Å²) in [5.74, 6) is 0.189. The topological polar surface area (TPSA) is 60.9 Å². The molecule has 64 valence electrons. The van der Waals surface area contributed by atoms with E-state index in [1.807, 2.05) is 13.2 Å². The summed E-state index contributed by atoms with van der Waals surface area (Å²) < 4.78 is 1.74. The Kier molecular flexibility index (Phi) is 1.43. The Bertz CT molecular complexity index is 318. The van der Waals surface area contributed by atoms with Crippen LogP contribution in [0.4, 0.5) is 0 Å². The molecule has 1 aromatic heterocycles. The van der Waals surface area contributed by atoms with Gasteiger partial charge >= 0.3 is 0 Å². The van der Waals surface area contributed by atoms with E-state index in [4.69, 9.17) is 5.73 Å². The molecule has 4 heteroatoms. The average Bonchev–Trinajstić information content (AvgIpc) is 2.70. The van der Waals surface area contributed by atoms with Crippen LogP contribution in [0.2, 0.25) is 0 Å². The third kappa shape index (κ3) is 1.09. The van der Waals surface area contributed by atoms with Crippen molar-refractivity contribution < 1.29 is 4.79 Å². The molecule has 2 rings (SSSR count). The predicted molar refractivity (Wildman–Crippen MR) is 43.3 cm³/mol. The molecule has 0 saturated heterocycles. The Hall–Kier alpha value is -1.32. The minimum atomic E-state index is -0.191. The molecule has 1 aromatic rings. The van der Waals surface area contributed by atoms with Crippen molar-refractivity contribution in [2.75, 3.05) is 0 Å². The van der Waals surface area contributed by atoms with Gasteiger partial charge in [-0.1, -0.05) is 0 Å². The maximum atomic E-state index is 10.7. The summed E-state index contributed by atoms with van der Waals surface area (Å²) in [5.41, 5.74) is 6.29. The van der Waals surface area contributed by atoms with Gasteiger partial charge in [0.2, 0.25) is 5.91 Å². The Morgan fingerprint density at radius 1 is 1.83 bits per heavy atom. The number of hydrogen-bond acceptors (Lipinski definition) is 2.